The molecule has 1 aliphatic heterocycles. The fourth-order valence-electron chi connectivity index (χ4n) is 5.65. The number of nitrogens with zero attached hydrogens (tertiary/aromatic N) is 4. The first kappa shape index (κ1) is 31.5. The number of hydrogen-bond donors (Lipinski definition) is 2. The predicted octanol–water partition coefficient (Wildman–Crippen LogP) is 7.84. The lowest BCUT2D eigenvalue weighted by molar-refractivity contribution is 0.0690. The molecule has 0 radical (unpaired) electrons. The monoisotopic (exact) mass is 602 g/mol. The Morgan fingerprint density at radius 1 is 0.978 bits per heavy atom. The second kappa shape index (κ2) is 13.4. The molecule has 0 unspecified atom stereocenters. The van der Waals surface area contributed by atoms with Crippen LogP contribution in [0.4, 0.5) is 16.3 Å². The number of rotatable bonds is 7. The van der Waals surface area contributed by atoms with Crippen molar-refractivity contribution in [2.45, 2.75) is 65.2 Å². The number of urea groups is 1. The number of benzene rings is 3. The molecule has 3 aromatic carbocycles. The average molecular weight is 603 g/mol. The second-order valence-corrected chi connectivity index (χ2v) is 13.1. The van der Waals surface area contributed by atoms with E-state index in [1.807, 2.05) is 91.5 Å². The van der Waals surface area contributed by atoms with E-state index in [0.29, 0.717) is 30.4 Å². The summed E-state index contributed by atoms with van der Waals surface area (Å²) in [6, 6.07) is 27.3. The van der Waals surface area contributed by atoms with E-state index < -0.39 is 0 Å². The first-order valence-electron chi connectivity index (χ1n) is 15.6. The van der Waals surface area contributed by atoms with Gasteiger partial charge in [0.05, 0.1) is 23.4 Å². The van der Waals surface area contributed by atoms with Crippen LogP contribution < -0.4 is 10.6 Å². The average Bonchev–Trinajstić information content (AvgIpc) is 3.45. The van der Waals surface area contributed by atoms with Crippen molar-refractivity contribution in [2.75, 3.05) is 23.7 Å². The summed E-state index contributed by atoms with van der Waals surface area (Å²) in [5.41, 5.74) is 6.12. The zero-order valence-corrected chi connectivity index (χ0v) is 26.8. The molecule has 1 saturated heterocycles. The molecule has 5 rings (SSSR count). The summed E-state index contributed by atoms with van der Waals surface area (Å²) in [7, 11) is 0. The Morgan fingerprint density at radius 3 is 2.38 bits per heavy atom. The number of aryl methyl sites for hydroxylation is 1. The molecule has 232 valence electrons. The molecule has 1 fully saturated rings. The van der Waals surface area contributed by atoms with Crippen molar-refractivity contribution in [3.05, 3.63) is 107 Å². The number of piperidine rings is 1. The number of amides is 3. The van der Waals surface area contributed by atoms with Gasteiger partial charge in [-0.15, -0.1) is 0 Å². The SMILES string of the molecule is Cc1ccc(-n2nc(C(C)(C)C)cc2NC(=O)Nc2cccc(CC3CCN(C(=O)c4cccc([C@@H](C)C#N)c4)CC3)c2)cc1. The molecule has 4 aromatic rings. The molecular weight excluding hydrogens is 560 g/mol. The Balaban J connectivity index is 1.19. The number of likely N-dealkylation sites (tertiary alicyclic amines) is 1. The van der Waals surface area contributed by atoms with Gasteiger partial charge in [0, 0.05) is 35.8 Å². The van der Waals surface area contributed by atoms with E-state index in [0.717, 1.165) is 53.0 Å². The molecule has 8 nitrogen and oxygen atoms in total. The van der Waals surface area contributed by atoms with Gasteiger partial charge in [-0.05, 0) is 86.6 Å². The van der Waals surface area contributed by atoms with Crippen molar-refractivity contribution in [3.63, 3.8) is 0 Å². The van der Waals surface area contributed by atoms with Crippen LogP contribution in [0.1, 0.15) is 79.2 Å². The third-order valence-electron chi connectivity index (χ3n) is 8.44. The van der Waals surface area contributed by atoms with Crippen molar-refractivity contribution >= 4 is 23.4 Å². The van der Waals surface area contributed by atoms with Gasteiger partial charge in [0.2, 0.25) is 0 Å². The van der Waals surface area contributed by atoms with E-state index in [2.05, 4.69) is 43.5 Å². The number of nitrogens with one attached hydrogen (secondary N) is 2. The zero-order chi connectivity index (χ0) is 32.1. The van der Waals surface area contributed by atoms with Crippen molar-refractivity contribution in [1.82, 2.24) is 14.7 Å². The number of carbonyl (C=O) groups excluding carboxylic acids is 2. The standard InChI is InChI=1S/C37H42N6O2/c1-25-12-14-32(15-13-25)43-34(23-33(41-43)37(3,4)5)40-36(45)39-31-11-6-8-28(21-31)20-27-16-18-42(19-17-27)35(44)30-10-7-9-29(22-30)26(2)24-38/h6-15,21-23,26-27H,16-20H2,1-5H3,(H2,39,40,45)/t26-/m0/s1. The number of anilines is 2. The lowest BCUT2D eigenvalue weighted by Gasteiger charge is -2.32. The van der Waals surface area contributed by atoms with E-state index in [9.17, 15) is 14.9 Å². The second-order valence-electron chi connectivity index (χ2n) is 13.1. The molecule has 0 spiro atoms. The predicted molar refractivity (Wildman–Crippen MR) is 179 cm³/mol. The lowest BCUT2D eigenvalue weighted by Crippen LogP contribution is -2.39. The number of aromatic nitrogens is 2. The maximum absolute atomic E-state index is 13.2. The Hall–Kier alpha value is -4.90. The van der Waals surface area contributed by atoms with Crippen LogP contribution in [0.2, 0.25) is 0 Å². The van der Waals surface area contributed by atoms with E-state index in [1.54, 1.807) is 4.68 Å². The molecule has 1 atom stereocenters. The molecular formula is C37H42N6O2. The Labute approximate surface area is 266 Å². The highest BCUT2D eigenvalue weighted by Gasteiger charge is 2.25. The highest BCUT2D eigenvalue weighted by atomic mass is 16.2. The maximum atomic E-state index is 13.2. The maximum Gasteiger partial charge on any atom is 0.324 e. The summed E-state index contributed by atoms with van der Waals surface area (Å²) in [6.07, 6.45) is 2.71. The van der Waals surface area contributed by atoms with Gasteiger partial charge in [0.1, 0.15) is 5.82 Å². The molecule has 45 heavy (non-hydrogen) atoms. The van der Waals surface area contributed by atoms with Crippen LogP contribution in [0, 0.1) is 24.2 Å². The first-order valence-corrected chi connectivity index (χ1v) is 15.6. The summed E-state index contributed by atoms with van der Waals surface area (Å²) in [5.74, 6) is 0.826. The topological polar surface area (TPSA) is 103 Å². The van der Waals surface area contributed by atoms with Gasteiger partial charge in [0.25, 0.3) is 5.91 Å². The summed E-state index contributed by atoms with van der Waals surface area (Å²) in [5, 5.41) is 20.1. The minimum atomic E-state index is -0.332. The molecule has 8 heteroatoms. The molecule has 0 aliphatic carbocycles. The highest BCUT2D eigenvalue weighted by Crippen LogP contribution is 2.28. The van der Waals surface area contributed by atoms with E-state index in [4.69, 9.17) is 5.10 Å². The minimum Gasteiger partial charge on any atom is -0.339 e. The minimum absolute atomic E-state index is 0.0241. The van der Waals surface area contributed by atoms with E-state index >= 15 is 0 Å². The van der Waals surface area contributed by atoms with Crippen LogP contribution >= 0.6 is 0 Å². The van der Waals surface area contributed by atoms with E-state index in [-0.39, 0.29) is 23.3 Å². The highest BCUT2D eigenvalue weighted by molar-refractivity contribution is 5.99. The van der Waals surface area contributed by atoms with Crippen molar-refractivity contribution < 1.29 is 9.59 Å². The van der Waals surface area contributed by atoms with Gasteiger partial charge in [-0.3, -0.25) is 10.1 Å². The quantitative estimate of drug-likeness (QED) is 0.225. The van der Waals surface area contributed by atoms with Crippen LogP contribution in [0.3, 0.4) is 0 Å². The largest absolute Gasteiger partial charge is 0.339 e. The van der Waals surface area contributed by atoms with Gasteiger partial charge >= 0.3 is 6.03 Å². The number of hydrogen-bond acceptors (Lipinski definition) is 4. The first-order chi connectivity index (χ1) is 21.5. The normalized spacial score (nSPS) is 14.4. The van der Waals surface area contributed by atoms with Crippen molar-refractivity contribution in [3.8, 4) is 11.8 Å². The van der Waals surface area contributed by atoms with Gasteiger partial charge < -0.3 is 10.2 Å². The molecule has 1 aromatic heterocycles. The van der Waals surface area contributed by atoms with Gasteiger partial charge in [-0.2, -0.15) is 10.4 Å². The van der Waals surface area contributed by atoms with Crippen LogP contribution in [-0.2, 0) is 11.8 Å². The van der Waals surface area contributed by atoms with Crippen LogP contribution in [0.5, 0.6) is 0 Å². The fourth-order valence-corrected chi connectivity index (χ4v) is 5.65. The van der Waals surface area contributed by atoms with Crippen LogP contribution in [-0.4, -0.2) is 39.7 Å². The van der Waals surface area contributed by atoms with Crippen LogP contribution in [0.15, 0.2) is 78.9 Å². The number of carbonyl (C=O) groups is 2. The van der Waals surface area contributed by atoms with Crippen molar-refractivity contribution in [1.29, 1.82) is 5.26 Å². The Kier molecular flexibility index (Phi) is 9.38. The summed E-state index contributed by atoms with van der Waals surface area (Å²) in [4.78, 5) is 28.2. The molecule has 3 amide bonds. The third-order valence-corrected chi connectivity index (χ3v) is 8.44. The molecule has 0 saturated carbocycles. The molecule has 2 N–H and O–H groups in total. The fraction of sp³-hybridized carbons (Fsp3) is 0.351. The summed E-state index contributed by atoms with van der Waals surface area (Å²) < 4.78 is 1.77. The van der Waals surface area contributed by atoms with Crippen LogP contribution in [0.25, 0.3) is 5.69 Å². The van der Waals surface area contributed by atoms with Gasteiger partial charge in [-0.1, -0.05) is 62.7 Å². The van der Waals surface area contributed by atoms with Crippen molar-refractivity contribution in [2.24, 2.45) is 5.92 Å². The summed E-state index contributed by atoms with van der Waals surface area (Å²) >= 11 is 0. The Bertz CT molecular complexity index is 1700. The van der Waals surface area contributed by atoms with E-state index in [1.165, 1.54) is 0 Å². The molecule has 1 aliphatic rings. The molecule has 0 bridgehead atoms. The molecule has 2 heterocycles. The zero-order valence-electron chi connectivity index (χ0n) is 26.8. The lowest BCUT2D eigenvalue weighted by atomic mass is 9.89. The summed E-state index contributed by atoms with van der Waals surface area (Å²) in [6.45, 7) is 11.6. The smallest absolute Gasteiger partial charge is 0.324 e. The van der Waals surface area contributed by atoms with Gasteiger partial charge in [0.15, 0.2) is 0 Å². The number of nitriles is 1. The Morgan fingerprint density at radius 2 is 1.69 bits per heavy atom. The third kappa shape index (κ3) is 7.79. The van der Waals surface area contributed by atoms with Gasteiger partial charge in [-0.25, -0.2) is 9.48 Å².